The Labute approximate surface area is 123 Å². The fraction of sp³-hybridized carbons (Fsp3) is 0.250. The molecule has 0 radical (unpaired) electrons. The average molecular weight is 290 g/mol. The number of benzene rings is 2. The fourth-order valence-electron chi connectivity index (χ4n) is 2.27. The lowest BCUT2D eigenvalue weighted by Gasteiger charge is -2.24. The van der Waals surface area contributed by atoms with E-state index in [1.54, 1.807) is 36.4 Å². The van der Waals surface area contributed by atoms with E-state index in [9.17, 15) is 4.39 Å². The van der Waals surface area contributed by atoms with Crippen molar-refractivity contribution in [3.8, 4) is 11.1 Å². The van der Waals surface area contributed by atoms with Crippen LogP contribution in [0.15, 0.2) is 42.5 Å². The van der Waals surface area contributed by atoms with Gasteiger partial charge in [-0.25, -0.2) is 4.39 Å². The summed E-state index contributed by atoms with van der Waals surface area (Å²) >= 11 is 0. The van der Waals surface area contributed by atoms with Crippen molar-refractivity contribution in [3.05, 3.63) is 48.3 Å². The van der Waals surface area contributed by atoms with Gasteiger partial charge in [0.1, 0.15) is 5.82 Å². The van der Waals surface area contributed by atoms with Gasteiger partial charge in [0, 0.05) is 35.6 Å². The Balaban J connectivity index is 2.43. The second kappa shape index (κ2) is 7.06. The molecule has 0 heterocycles. The first-order valence-corrected chi connectivity index (χ1v) is 6.78. The van der Waals surface area contributed by atoms with Gasteiger partial charge in [0.25, 0.3) is 0 Å². The van der Waals surface area contributed by atoms with E-state index >= 15 is 0 Å². The van der Waals surface area contributed by atoms with Crippen molar-refractivity contribution in [1.82, 2.24) is 0 Å². The first kappa shape index (κ1) is 15.3. The molecule has 21 heavy (non-hydrogen) atoms. The monoisotopic (exact) mass is 290 g/mol. The number of anilines is 2. The van der Waals surface area contributed by atoms with Crippen LogP contribution < -0.4 is 10.6 Å². The quantitative estimate of drug-likeness (QED) is 0.710. The number of rotatable bonds is 6. The molecule has 0 unspecified atom stereocenters. The van der Waals surface area contributed by atoms with Crippen LogP contribution in [0.3, 0.4) is 0 Å². The van der Waals surface area contributed by atoms with E-state index in [1.807, 2.05) is 4.90 Å². The van der Waals surface area contributed by atoms with Gasteiger partial charge in [-0.1, -0.05) is 18.2 Å². The first-order chi connectivity index (χ1) is 10.2. The Morgan fingerprint density at radius 3 is 2.24 bits per heavy atom. The van der Waals surface area contributed by atoms with Gasteiger partial charge in [-0.2, -0.15) is 0 Å². The minimum Gasteiger partial charge on any atom is -0.398 e. The zero-order chi connectivity index (χ0) is 15.2. The SMILES string of the molecule is Nc1ccc(N(CCO)CCO)cc1-c1ccccc1F. The van der Waals surface area contributed by atoms with Gasteiger partial charge in [-0.05, 0) is 24.3 Å². The molecule has 2 rings (SSSR count). The highest BCUT2D eigenvalue weighted by atomic mass is 19.1. The molecule has 0 spiro atoms. The van der Waals surface area contributed by atoms with Crippen molar-refractivity contribution in [2.45, 2.75) is 0 Å². The molecular formula is C16H19FN2O2. The van der Waals surface area contributed by atoms with Gasteiger partial charge < -0.3 is 20.8 Å². The maximum atomic E-state index is 13.9. The van der Waals surface area contributed by atoms with Crippen LogP contribution in [0.2, 0.25) is 0 Å². The van der Waals surface area contributed by atoms with Crippen molar-refractivity contribution in [3.63, 3.8) is 0 Å². The third-order valence-electron chi connectivity index (χ3n) is 3.31. The van der Waals surface area contributed by atoms with Gasteiger partial charge in [-0.15, -0.1) is 0 Å². The summed E-state index contributed by atoms with van der Waals surface area (Å²) in [5.41, 5.74) is 8.26. The number of hydrogen-bond acceptors (Lipinski definition) is 4. The van der Waals surface area contributed by atoms with Gasteiger partial charge in [0.05, 0.1) is 13.2 Å². The standard InChI is InChI=1S/C16H19FN2O2/c17-15-4-2-1-3-13(15)14-11-12(5-6-16(14)18)19(7-9-20)8-10-21/h1-6,11,20-21H,7-10,18H2. The highest BCUT2D eigenvalue weighted by Crippen LogP contribution is 2.31. The number of aliphatic hydroxyl groups is 2. The van der Waals surface area contributed by atoms with E-state index in [0.29, 0.717) is 29.9 Å². The molecule has 2 aromatic carbocycles. The summed E-state index contributed by atoms with van der Waals surface area (Å²) in [6.07, 6.45) is 0. The molecule has 4 N–H and O–H groups in total. The van der Waals surface area contributed by atoms with Crippen LogP contribution in [-0.4, -0.2) is 36.5 Å². The third-order valence-corrected chi connectivity index (χ3v) is 3.31. The van der Waals surface area contributed by atoms with Crippen molar-refractivity contribution in [2.24, 2.45) is 0 Å². The van der Waals surface area contributed by atoms with Gasteiger partial charge >= 0.3 is 0 Å². The Hall–Kier alpha value is -2.11. The Kier molecular flexibility index (Phi) is 5.14. The van der Waals surface area contributed by atoms with Crippen LogP contribution in [0, 0.1) is 5.82 Å². The molecule has 2 aromatic rings. The van der Waals surface area contributed by atoms with Crippen LogP contribution in [0.1, 0.15) is 0 Å². The van der Waals surface area contributed by atoms with Gasteiger partial charge in [-0.3, -0.25) is 0 Å². The second-order valence-electron chi connectivity index (χ2n) is 4.69. The topological polar surface area (TPSA) is 69.7 Å². The minimum absolute atomic E-state index is 0.0284. The molecule has 0 fully saturated rings. The first-order valence-electron chi connectivity index (χ1n) is 6.78. The fourth-order valence-corrected chi connectivity index (χ4v) is 2.27. The summed E-state index contributed by atoms with van der Waals surface area (Å²) in [5.74, 6) is -0.336. The molecule has 112 valence electrons. The average Bonchev–Trinajstić information content (AvgIpc) is 2.48. The van der Waals surface area contributed by atoms with Gasteiger partial charge in [0.15, 0.2) is 0 Å². The third kappa shape index (κ3) is 3.51. The van der Waals surface area contributed by atoms with Crippen LogP contribution in [0.5, 0.6) is 0 Å². The van der Waals surface area contributed by atoms with E-state index in [1.165, 1.54) is 6.07 Å². The molecule has 0 amide bonds. The van der Waals surface area contributed by atoms with Crippen LogP contribution in [0.4, 0.5) is 15.8 Å². The van der Waals surface area contributed by atoms with Crippen LogP contribution in [-0.2, 0) is 0 Å². The lowest BCUT2D eigenvalue weighted by atomic mass is 10.0. The van der Waals surface area contributed by atoms with Crippen molar-refractivity contribution in [2.75, 3.05) is 36.9 Å². The molecule has 5 heteroatoms. The molecule has 0 atom stereocenters. The minimum atomic E-state index is -0.336. The van der Waals surface area contributed by atoms with E-state index < -0.39 is 0 Å². The summed E-state index contributed by atoms with van der Waals surface area (Å²) in [5, 5.41) is 18.2. The number of aliphatic hydroxyl groups excluding tert-OH is 2. The summed E-state index contributed by atoms with van der Waals surface area (Å²) < 4.78 is 13.9. The van der Waals surface area contributed by atoms with E-state index in [-0.39, 0.29) is 19.0 Å². The van der Waals surface area contributed by atoms with Crippen molar-refractivity contribution < 1.29 is 14.6 Å². The molecule has 0 saturated carbocycles. The smallest absolute Gasteiger partial charge is 0.131 e. The summed E-state index contributed by atoms with van der Waals surface area (Å²) in [6, 6.07) is 11.7. The lowest BCUT2D eigenvalue weighted by molar-refractivity contribution is 0.281. The summed E-state index contributed by atoms with van der Waals surface area (Å²) in [6.45, 7) is 0.723. The normalized spacial score (nSPS) is 10.6. The Morgan fingerprint density at radius 1 is 0.952 bits per heavy atom. The predicted molar refractivity (Wildman–Crippen MR) is 82.6 cm³/mol. The maximum absolute atomic E-state index is 13.9. The maximum Gasteiger partial charge on any atom is 0.131 e. The van der Waals surface area contributed by atoms with Crippen LogP contribution >= 0.6 is 0 Å². The van der Waals surface area contributed by atoms with Gasteiger partial charge in [0.2, 0.25) is 0 Å². The Morgan fingerprint density at radius 2 is 1.62 bits per heavy atom. The summed E-state index contributed by atoms with van der Waals surface area (Å²) in [7, 11) is 0. The molecule has 4 nitrogen and oxygen atoms in total. The zero-order valence-electron chi connectivity index (χ0n) is 11.7. The highest BCUT2D eigenvalue weighted by molar-refractivity contribution is 5.80. The number of nitrogens with two attached hydrogens (primary N) is 1. The number of halogens is 1. The molecule has 0 bridgehead atoms. The van der Waals surface area contributed by atoms with Crippen LogP contribution in [0.25, 0.3) is 11.1 Å². The molecule has 0 saturated heterocycles. The largest absolute Gasteiger partial charge is 0.398 e. The second-order valence-corrected chi connectivity index (χ2v) is 4.69. The zero-order valence-corrected chi connectivity index (χ0v) is 11.7. The number of nitrogens with zero attached hydrogens (tertiary/aromatic N) is 1. The van der Waals surface area contributed by atoms with E-state index in [0.717, 1.165) is 5.69 Å². The summed E-state index contributed by atoms with van der Waals surface area (Å²) in [4.78, 5) is 1.82. The number of nitrogen functional groups attached to an aromatic ring is 1. The number of hydrogen-bond donors (Lipinski definition) is 3. The highest BCUT2D eigenvalue weighted by Gasteiger charge is 2.12. The lowest BCUT2D eigenvalue weighted by Crippen LogP contribution is -2.29. The van der Waals surface area contributed by atoms with E-state index in [2.05, 4.69) is 0 Å². The predicted octanol–water partition coefficient (Wildman–Crippen LogP) is 1.87. The molecule has 0 aliphatic carbocycles. The molecular weight excluding hydrogens is 271 g/mol. The van der Waals surface area contributed by atoms with E-state index in [4.69, 9.17) is 15.9 Å². The van der Waals surface area contributed by atoms with Crippen molar-refractivity contribution >= 4 is 11.4 Å². The molecule has 0 aromatic heterocycles. The van der Waals surface area contributed by atoms with Crippen molar-refractivity contribution in [1.29, 1.82) is 0 Å². The Bertz CT molecular complexity index is 599. The molecule has 0 aliphatic heterocycles. The molecule has 0 aliphatic rings.